The summed E-state index contributed by atoms with van der Waals surface area (Å²) in [5.74, 6) is -0.755. The highest BCUT2D eigenvalue weighted by Gasteiger charge is 2.50. The lowest BCUT2D eigenvalue weighted by Gasteiger charge is -2.23. The number of benzene rings is 3. The van der Waals surface area contributed by atoms with Gasteiger partial charge in [0, 0.05) is 15.6 Å². The summed E-state index contributed by atoms with van der Waals surface area (Å²) in [7, 11) is 0. The van der Waals surface area contributed by atoms with E-state index >= 15 is 0 Å². The van der Waals surface area contributed by atoms with Gasteiger partial charge in [-0.15, -0.1) is 0 Å². The quantitative estimate of drug-likeness (QED) is 0.601. The predicted molar refractivity (Wildman–Crippen MR) is 111 cm³/mol. The zero-order valence-electron chi connectivity index (χ0n) is 15.0. The van der Waals surface area contributed by atoms with Crippen LogP contribution >= 0.6 is 15.9 Å². The first-order valence-electron chi connectivity index (χ1n) is 8.95. The molecule has 0 spiro atoms. The van der Waals surface area contributed by atoms with Gasteiger partial charge in [-0.2, -0.15) is 0 Å². The molecule has 0 aromatic heterocycles. The maximum absolute atomic E-state index is 13.2. The van der Waals surface area contributed by atoms with E-state index in [9.17, 15) is 14.7 Å². The smallest absolute Gasteiger partial charge is 0.264 e. The summed E-state index contributed by atoms with van der Waals surface area (Å²) in [5.41, 5.74) is 0.646. The molecule has 1 N–H and O–H groups in total. The number of fused-ring (bicyclic) bond motifs is 1. The minimum atomic E-state index is -1.87. The normalized spacial score (nSPS) is 18.2. The summed E-state index contributed by atoms with van der Waals surface area (Å²) in [6, 6.07) is 23.7. The van der Waals surface area contributed by atoms with Crippen LogP contribution in [0.2, 0.25) is 0 Å². The number of amides is 1. The monoisotopic (exact) mass is 435 g/mol. The molecule has 1 aliphatic rings. The molecule has 0 bridgehead atoms. The summed E-state index contributed by atoms with van der Waals surface area (Å²) in [5, 5.41) is 11.3. The molecule has 28 heavy (non-hydrogen) atoms. The highest BCUT2D eigenvalue weighted by Crippen LogP contribution is 2.43. The fraction of sp³-hybridized carbons (Fsp3) is 0.130. The minimum Gasteiger partial charge on any atom is -0.375 e. The number of para-hydroxylation sites is 1. The fourth-order valence-corrected chi connectivity index (χ4v) is 4.00. The van der Waals surface area contributed by atoms with Crippen LogP contribution in [0.4, 0.5) is 5.69 Å². The van der Waals surface area contributed by atoms with Gasteiger partial charge in [-0.25, -0.2) is 0 Å². The van der Waals surface area contributed by atoms with E-state index in [1.54, 1.807) is 41.3 Å². The third kappa shape index (κ3) is 3.28. The number of ketones is 1. The van der Waals surface area contributed by atoms with Crippen molar-refractivity contribution in [3.8, 4) is 0 Å². The molecule has 0 aliphatic carbocycles. The van der Waals surface area contributed by atoms with Crippen molar-refractivity contribution in [2.24, 2.45) is 0 Å². The minimum absolute atomic E-state index is 0.284. The molecule has 4 rings (SSSR count). The van der Waals surface area contributed by atoms with Crippen LogP contribution < -0.4 is 4.90 Å². The number of hydrogen-bond acceptors (Lipinski definition) is 3. The van der Waals surface area contributed by atoms with Gasteiger partial charge in [0.25, 0.3) is 5.91 Å². The molecular weight excluding hydrogens is 418 g/mol. The van der Waals surface area contributed by atoms with E-state index in [2.05, 4.69) is 15.9 Å². The van der Waals surface area contributed by atoms with Gasteiger partial charge in [0.15, 0.2) is 11.4 Å². The Morgan fingerprint density at radius 1 is 0.964 bits per heavy atom. The number of hydrogen-bond donors (Lipinski definition) is 1. The van der Waals surface area contributed by atoms with Gasteiger partial charge in [-0.1, -0.05) is 76.6 Å². The zero-order valence-corrected chi connectivity index (χ0v) is 16.6. The van der Waals surface area contributed by atoms with Crippen LogP contribution in [0.5, 0.6) is 0 Å². The Bertz CT molecular complexity index is 1050. The molecule has 1 amide bonds. The molecule has 140 valence electrons. The van der Waals surface area contributed by atoms with Crippen molar-refractivity contribution in [2.75, 3.05) is 4.90 Å². The van der Waals surface area contributed by atoms with Crippen LogP contribution in [0.25, 0.3) is 0 Å². The average Bonchev–Trinajstić information content (AvgIpc) is 2.91. The SMILES string of the molecule is O=C(C[C@@]1(O)C(=O)N(Cc2ccccc2)c2ccccc21)c1cccc(Br)c1. The van der Waals surface area contributed by atoms with Gasteiger partial charge in [0.1, 0.15) is 0 Å². The Kier molecular flexibility index (Phi) is 4.87. The Morgan fingerprint density at radius 2 is 1.68 bits per heavy atom. The first-order chi connectivity index (χ1) is 13.5. The Hall–Kier alpha value is -2.76. The highest BCUT2D eigenvalue weighted by atomic mass is 79.9. The molecule has 4 nitrogen and oxygen atoms in total. The lowest BCUT2D eigenvalue weighted by Crippen LogP contribution is -2.41. The second-order valence-electron chi connectivity index (χ2n) is 6.86. The third-order valence-corrected chi connectivity index (χ3v) is 5.48. The largest absolute Gasteiger partial charge is 0.375 e. The molecule has 1 atom stereocenters. The zero-order chi connectivity index (χ0) is 19.7. The Labute approximate surface area is 171 Å². The molecule has 0 radical (unpaired) electrons. The number of rotatable bonds is 5. The lowest BCUT2D eigenvalue weighted by atomic mass is 9.88. The van der Waals surface area contributed by atoms with Crippen molar-refractivity contribution < 1.29 is 14.7 Å². The summed E-state index contributed by atoms with van der Waals surface area (Å²) >= 11 is 3.35. The number of Topliss-reactive ketones (excluding diaryl/α,β-unsaturated/α-hetero) is 1. The van der Waals surface area contributed by atoms with E-state index in [-0.39, 0.29) is 12.2 Å². The summed E-state index contributed by atoms with van der Waals surface area (Å²) < 4.78 is 0.772. The van der Waals surface area contributed by atoms with Crippen LogP contribution in [0, 0.1) is 0 Å². The average molecular weight is 436 g/mol. The van der Waals surface area contributed by atoms with Gasteiger partial charge in [0.05, 0.1) is 18.7 Å². The van der Waals surface area contributed by atoms with Crippen molar-refractivity contribution in [1.82, 2.24) is 0 Å². The molecule has 0 saturated heterocycles. The molecule has 0 unspecified atom stereocenters. The molecule has 5 heteroatoms. The second-order valence-corrected chi connectivity index (χ2v) is 7.78. The fourth-order valence-electron chi connectivity index (χ4n) is 3.60. The predicted octanol–water partition coefficient (Wildman–Crippen LogP) is 4.46. The second kappa shape index (κ2) is 7.34. The van der Waals surface area contributed by atoms with Crippen LogP contribution in [-0.2, 0) is 16.9 Å². The van der Waals surface area contributed by atoms with Crippen molar-refractivity contribution in [3.05, 3.63) is 100 Å². The van der Waals surface area contributed by atoms with Crippen LogP contribution in [0.1, 0.15) is 27.9 Å². The maximum atomic E-state index is 13.2. The van der Waals surface area contributed by atoms with Gasteiger partial charge in [-0.05, 0) is 23.8 Å². The molecule has 1 heterocycles. The van der Waals surface area contributed by atoms with E-state index in [0.29, 0.717) is 23.4 Å². The van der Waals surface area contributed by atoms with E-state index in [1.807, 2.05) is 42.5 Å². The van der Waals surface area contributed by atoms with E-state index in [4.69, 9.17) is 0 Å². The first-order valence-corrected chi connectivity index (χ1v) is 9.75. The maximum Gasteiger partial charge on any atom is 0.264 e. The molecular formula is C23H18BrNO3. The number of halogens is 1. The number of nitrogens with zero attached hydrogens (tertiary/aromatic N) is 1. The third-order valence-electron chi connectivity index (χ3n) is 4.99. The highest BCUT2D eigenvalue weighted by molar-refractivity contribution is 9.10. The molecule has 3 aromatic carbocycles. The molecule has 0 saturated carbocycles. The van der Waals surface area contributed by atoms with Crippen molar-refractivity contribution in [1.29, 1.82) is 0 Å². The summed E-state index contributed by atoms with van der Waals surface area (Å²) in [6.07, 6.45) is -0.301. The van der Waals surface area contributed by atoms with Crippen molar-refractivity contribution in [2.45, 2.75) is 18.6 Å². The molecule has 0 fully saturated rings. The lowest BCUT2D eigenvalue weighted by molar-refractivity contribution is -0.136. The Balaban J connectivity index is 1.68. The number of carbonyl (C=O) groups excluding carboxylic acids is 2. The van der Waals surface area contributed by atoms with Crippen LogP contribution in [-0.4, -0.2) is 16.8 Å². The number of anilines is 1. The van der Waals surface area contributed by atoms with Gasteiger partial charge < -0.3 is 10.0 Å². The van der Waals surface area contributed by atoms with Crippen molar-refractivity contribution >= 4 is 33.3 Å². The van der Waals surface area contributed by atoms with E-state index in [1.165, 1.54) is 0 Å². The van der Waals surface area contributed by atoms with E-state index in [0.717, 1.165) is 10.0 Å². The number of aliphatic hydroxyl groups is 1. The van der Waals surface area contributed by atoms with Gasteiger partial charge in [-0.3, -0.25) is 9.59 Å². The van der Waals surface area contributed by atoms with Gasteiger partial charge >= 0.3 is 0 Å². The summed E-state index contributed by atoms with van der Waals surface area (Å²) in [6.45, 7) is 0.337. The standard InChI is InChI=1S/C23H18BrNO3/c24-18-10-6-9-17(13-18)21(26)14-23(28)19-11-4-5-12-20(19)25(22(23)27)15-16-7-2-1-3-8-16/h1-13,28H,14-15H2/t23-/m0/s1. The Morgan fingerprint density at radius 3 is 2.43 bits per heavy atom. The first kappa shape index (κ1) is 18.6. The van der Waals surface area contributed by atoms with Crippen LogP contribution in [0.3, 0.4) is 0 Å². The van der Waals surface area contributed by atoms with Gasteiger partial charge in [0.2, 0.25) is 0 Å². The van der Waals surface area contributed by atoms with Crippen molar-refractivity contribution in [3.63, 3.8) is 0 Å². The van der Waals surface area contributed by atoms with Crippen LogP contribution in [0.15, 0.2) is 83.3 Å². The number of carbonyl (C=O) groups is 2. The topological polar surface area (TPSA) is 57.6 Å². The van der Waals surface area contributed by atoms with E-state index < -0.39 is 11.5 Å². The molecule has 1 aliphatic heterocycles. The molecule has 3 aromatic rings. The summed E-state index contributed by atoms with van der Waals surface area (Å²) in [4.78, 5) is 27.6.